The number of likely N-dealkylation sites (N-methyl/N-ethyl adjacent to an activating group) is 1. The molecule has 0 heterocycles. The van der Waals surface area contributed by atoms with Gasteiger partial charge < -0.3 is 15.5 Å². The predicted molar refractivity (Wildman–Crippen MR) is 78.8 cm³/mol. The van der Waals surface area contributed by atoms with Crippen LogP contribution in [0.1, 0.15) is 25.5 Å². The Bertz CT molecular complexity index is 464. The monoisotopic (exact) mass is 294 g/mol. The number of hydrogen-bond donors (Lipinski definition) is 3. The average molecular weight is 294 g/mol. The van der Waals surface area contributed by atoms with Gasteiger partial charge in [-0.25, -0.2) is 0 Å². The molecule has 0 saturated carbocycles. The van der Waals surface area contributed by atoms with Gasteiger partial charge in [0.25, 0.3) is 0 Å². The van der Waals surface area contributed by atoms with Crippen LogP contribution in [-0.2, 0) is 9.59 Å². The predicted octanol–water partition coefficient (Wildman–Crippen LogP) is 0.631. The summed E-state index contributed by atoms with van der Waals surface area (Å²) in [4.78, 5) is 25.1. The molecule has 1 amide bonds. The number of amides is 1. The van der Waals surface area contributed by atoms with Crippen molar-refractivity contribution in [2.24, 2.45) is 0 Å². The summed E-state index contributed by atoms with van der Waals surface area (Å²) in [7, 11) is 0. The molecule has 0 spiro atoms. The molecule has 6 heteroatoms. The number of carboxylic acids is 1. The van der Waals surface area contributed by atoms with Gasteiger partial charge in [-0.2, -0.15) is 0 Å². The number of carboxylic acid groups (broad SMARTS) is 1. The fourth-order valence-corrected chi connectivity index (χ4v) is 2.12. The number of benzene rings is 1. The van der Waals surface area contributed by atoms with Gasteiger partial charge in [-0.15, -0.1) is 0 Å². The highest BCUT2D eigenvalue weighted by Gasteiger charge is 2.28. The van der Waals surface area contributed by atoms with Crippen molar-refractivity contribution in [3.8, 4) is 0 Å². The van der Waals surface area contributed by atoms with Crippen LogP contribution in [0.5, 0.6) is 0 Å². The van der Waals surface area contributed by atoms with Gasteiger partial charge in [-0.05, 0) is 19.0 Å². The third-order valence-corrected chi connectivity index (χ3v) is 3.25. The third kappa shape index (κ3) is 4.84. The van der Waals surface area contributed by atoms with Gasteiger partial charge in [0.2, 0.25) is 5.91 Å². The van der Waals surface area contributed by atoms with Crippen molar-refractivity contribution in [2.75, 3.05) is 19.7 Å². The Morgan fingerprint density at radius 2 is 1.90 bits per heavy atom. The Balaban J connectivity index is 3.01. The van der Waals surface area contributed by atoms with Crippen molar-refractivity contribution in [1.82, 2.24) is 10.2 Å². The Kier molecular flexibility index (Phi) is 6.84. The number of nitrogens with one attached hydrogen (secondary N) is 1. The van der Waals surface area contributed by atoms with Crippen LogP contribution in [0, 0.1) is 0 Å². The van der Waals surface area contributed by atoms with Crippen LogP contribution < -0.4 is 5.32 Å². The molecule has 21 heavy (non-hydrogen) atoms. The van der Waals surface area contributed by atoms with E-state index < -0.39 is 18.1 Å². The molecule has 0 saturated heterocycles. The zero-order valence-electron chi connectivity index (χ0n) is 12.3. The zero-order valence-corrected chi connectivity index (χ0v) is 12.3. The van der Waals surface area contributed by atoms with E-state index in [2.05, 4.69) is 5.32 Å². The molecule has 0 aliphatic rings. The normalized spacial score (nSPS) is 13.7. The van der Waals surface area contributed by atoms with E-state index in [9.17, 15) is 9.59 Å². The van der Waals surface area contributed by atoms with Crippen molar-refractivity contribution in [2.45, 2.75) is 25.9 Å². The molecule has 0 aliphatic heterocycles. The van der Waals surface area contributed by atoms with Crippen molar-refractivity contribution < 1.29 is 19.8 Å². The van der Waals surface area contributed by atoms with Crippen molar-refractivity contribution in [3.05, 3.63) is 35.9 Å². The number of aliphatic carboxylic acids is 1. The molecular formula is C15H22N2O4. The van der Waals surface area contributed by atoms with Gasteiger partial charge >= 0.3 is 5.97 Å². The van der Waals surface area contributed by atoms with E-state index >= 15 is 0 Å². The quantitative estimate of drug-likeness (QED) is 0.654. The molecule has 1 aromatic carbocycles. The summed E-state index contributed by atoms with van der Waals surface area (Å²) >= 11 is 0. The fraction of sp³-hybridized carbons (Fsp3) is 0.467. The van der Waals surface area contributed by atoms with Crippen LogP contribution in [0.25, 0.3) is 0 Å². The number of carbonyl (C=O) groups is 2. The van der Waals surface area contributed by atoms with Gasteiger partial charge in [0.05, 0.1) is 6.61 Å². The van der Waals surface area contributed by atoms with Crippen LogP contribution in [-0.4, -0.2) is 52.7 Å². The Hall–Kier alpha value is -1.92. The van der Waals surface area contributed by atoms with Gasteiger partial charge in [0, 0.05) is 6.54 Å². The summed E-state index contributed by atoms with van der Waals surface area (Å²) in [5, 5.41) is 20.6. The summed E-state index contributed by atoms with van der Waals surface area (Å²) in [5.41, 5.74) is 0.767. The topological polar surface area (TPSA) is 89.9 Å². The number of nitrogens with zero attached hydrogens (tertiary/aromatic N) is 1. The first-order chi connectivity index (χ1) is 10.0. The van der Waals surface area contributed by atoms with Crippen LogP contribution >= 0.6 is 0 Å². The maximum atomic E-state index is 12.4. The lowest BCUT2D eigenvalue weighted by molar-refractivity contribution is -0.142. The van der Waals surface area contributed by atoms with Crippen molar-refractivity contribution in [3.63, 3.8) is 0 Å². The Morgan fingerprint density at radius 3 is 2.38 bits per heavy atom. The molecule has 0 radical (unpaired) electrons. The van der Waals surface area contributed by atoms with Crippen LogP contribution in [0.3, 0.4) is 0 Å². The molecule has 0 bridgehead atoms. The second kappa shape index (κ2) is 8.39. The average Bonchev–Trinajstić information content (AvgIpc) is 2.47. The van der Waals surface area contributed by atoms with Gasteiger partial charge in [0.1, 0.15) is 12.1 Å². The maximum Gasteiger partial charge on any atom is 0.325 e. The standard InChI is InChI=1S/C15H22N2O4/c1-3-17(9-10-18)13(12-7-5-4-6-8-12)14(19)16-11(2)15(20)21/h4-8,11,13,18H,3,9-10H2,1-2H3,(H,16,19)(H,20,21). The van der Waals surface area contributed by atoms with Crippen molar-refractivity contribution >= 4 is 11.9 Å². The molecule has 6 nitrogen and oxygen atoms in total. The highest BCUT2D eigenvalue weighted by Crippen LogP contribution is 2.20. The number of rotatable bonds is 8. The van der Waals surface area contributed by atoms with E-state index in [1.54, 1.807) is 4.90 Å². The third-order valence-electron chi connectivity index (χ3n) is 3.25. The van der Waals surface area contributed by atoms with E-state index in [-0.39, 0.29) is 12.5 Å². The maximum absolute atomic E-state index is 12.4. The Labute approximate surface area is 124 Å². The highest BCUT2D eigenvalue weighted by molar-refractivity contribution is 5.87. The molecule has 2 atom stereocenters. The van der Waals surface area contributed by atoms with Gasteiger partial charge in [-0.3, -0.25) is 14.5 Å². The van der Waals surface area contributed by atoms with E-state index in [1.807, 2.05) is 37.3 Å². The minimum atomic E-state index is -1.08. The number of hydrogen-bond acceptors (Lipinski definition) is 4. The van der Waals surface area contributed by atoms with Crippen molar-refractivity contribution in [1.29, 1.82) is 0 Å². The Morgan fingerprint density at radius 1 is 1.29 bits per heavy atom. The SMILES string of the molecule is CCN(CCO)C(C(=O)NC(C)C(=O)O)c1ccccc1. The number of carbonyl (C=O) groups excluding carboxylic acids is 1. The smallest absolute Gasteiger partial charge is 0.325 e. The lowest BCUT2D eigenvalue weighted by atomic mass is 10.0. The molecule has 0 aliphatic carbocycles. The largest absolute Gasteiger partial charge is 0.480 e. The number of aliphatic hydroxyl groups is 1. The highest BCUT2D eigenvalue weighted by atomic mass is 16.4. The second-order valence-electron chi connectivity index (χ2n) is 4.73. The first-order valence-electron chi connectivity index (χ1n) is 6.94. The summed E-state index contributed by atoms with van der Waals surface area (Å²) in [6, 6.07) is 7.54. The van der Waals surface area contributed by atoms with E-state index in [1.165, 1.54) is 6.92 Å². The van der Waals surface area contributed by atoms with Crippen LogP contribution in [0.15, 0.2) is 30.3 Å². The lowest BCUT2D eigenvalue weighted by Crippen LogP contribution is -2.46. The molecule has 3 N–H and O–H groups in total. The van der Waals surface area contributed by atoms with E-state index in [0.717, 1.165) is 5.56 Å². The molecule has 116 valence electrons. The van der Waals surface area contributed by atoms with E-state index in [0.29, 0.717) is 13.1 Å². The van der Waals surface area contributed by atoms with Gasteiger partial charge in [-0.1, -0.05) is 37.3 Å². The molecular weight excluding hydrogens is 272 g/mol. The molecule has 0 aromatic heterocycles. The lowest BCUT2D eigenvalue weighted by Gasteiger charge is -2.30. The van der Waals surface area contributed by atoms with Gasteiger partial charge in [0.15, 0.2) is 0 Å². The zero-order chi connectivity index (χ0) is 15.8. The summed E-state index contributed by atoms with van der Waals surface area (Å²) in [6.45, 7) is 4.14. The minimum Gasteiger partial charge on any atom is -0.480 e. The van der Waals surface area contributed by atoms with Crippen LogP contribution in [0.2, 0.25) is 0 Å². The molecule has 1 aromatic rings. The summed E-state index contributed by atoms with van der Waals surface area (Å²) in [6.07, 6.45) is 0. The summed E-state index contributed by atoms with van der Waals surface area (Å²) in [5.74, 6) is -1.47. The first-order valence-corrected chi connectivity index (χ1v) is 6.94. The minimum absolute atomic E-state index is 0.0705. The molecule has 1 rings (SSSR count). The number of aliphatic hydroxyl groups excluding tert-OH is 1. The second-order valence-corrected chi connectivity index (χ2v) is 4.73. The van der Waals surface area contributed by atoms with Crippen LogP contribution in [0.4, 0.5) is 0 Å². The fourth-order valence-electron chi connectivity index (χ4n) is 2.12. The first kappa shape index (κ1) is 17.1. The van der Waals surface area contributed by atoms with E-state index in [4.69, 9.17) is 10.2 Å². The molecule has 0 fully saturated rings. The summed E-state index contributed by atoms with van der Waals surface area (Å²) < 4.78 is 0. The molecule has 2 unspecified atom stereocenters.